The normalized spacial score (nSPS) is 20.6. The second-order valence-corrected chi connectivity index (χ2v) is 4.95. The Labute approximate surface area is 113 Å². The molecule has 0 spiro atoms. The van der Waals surface area contributed by atoms with Crippen LogP contribution in [-0.4, -0.2) is 62.0 Å². The maximum Gasteiger partial charge on any atom is 0.257 e. The lowest BCUT2D eigenvalue weighted by Crippen LogP contribution is -2.57. The number of piperazine rings is 1. The molecule has 1 heterocycles. The third kappa shape index (κ3) is 3.11. The molecule has 1 aromatic carbocycles. The van der Waals surface area contributed by atoms with Gasteiger partial charge in [0.15, 0.2) is 0 Å². The smallest absolute Gasteiger partial charge is 0.257 e. The van der Waals surface area contributed by atoms with Gasteiger partial charge in [-0.25, -0.2) is 4.39 Å². The van der Waals surface area contributed by atoms with Gasteiger partial charge in [0, 0.05) is 26.2 Å². The van der Waals surface area contributed by atoms with Crippen molar-refractivity contribution >= 4 is 5.91 Å². The van der Waals surface area contributed by atoms with Gasteiger partial charge < -0.3 is 15.1 Å². The molecule has 1 N–H and O–H groups in total. The molecule has 104 valence electrons. The molecule has 5 heteroatoms. The largest absolute Gasteiger partial charge is 0.332 e. The number of nitrogens with one attached hydrogen (secondary N) is 1. The Hall–Kier alpha value is -1.46. The van der Waals surface area contributed by atoms with Gasteiger partial charge >= 0.3 is 0 Å². The van der Waals surface area contributed by atoms with Gasteiger partial charge in [0.2, 0.25) is 0 Å². The highest BCUT2D eigenvalue weighted by Crippen LogP contribution is 2.15. The predicted molar refractivity (Wildman–Crippen MR) is 72.6 cm³/mol. The molecule has 0 aromatic heterocycles. The van der Waals surface area contributed by atoms with Crippen LogP contribution >= 0.6 is 0 Å². The van der Waals surface area contributed by atoms with Gasteiger partial charge in [0.1, 0.15) is 5.82 Å². The molecule has 1 unspecified atom stereocenters. The summed E-state index contributed by atoms with van der Waals surface area (Å²) in [5.74, 6) is -0.666. The molecule has 1 aliphatic heterocycles. The number of amides is 1. The first kappa shape index (κ1) is 14.0. The van der Waals surface area contributed by atoms with Crippen LogP contribution in [-0.2, 0) is 0 Å². The lowest BCUT2D eigenvalue weighted by Gasteiger charge is -2.40. The van der Waals surface area contributed by atoms with Crippen LogP contribution < -0.4 is 5.32 Å². The zero-order valence-corrected chi connectivity index (χ0v) is 11.4. The summed E-state index contributed by atoms with van der Waals surface area (Å²) in [6, 6.07) is 6.25. The molecular formula is C14H20FN3O. The van der Waals surface area contributed by atoms with Crippen LogP contribution in [0.25, 0.3) is 0 Å². The summed E-state index contributed by atoms with van der Waals surface area (Å²) < 4.78 is 13.7. The maximum absolute atomic E-state index is 13.7. The lowest BCUT2D eigenvalue weighted by molar-refractivity contribution is 0.0499. The number of hydrogen-bond donors (Lipinski definition) is 1. The van der Waals surface area contributed by atoms with E-state index in [0.29, 0.717) is 13.1 Å². The zero-order valence-electron chi connectivity index (χ0n) is 11.4. The van der Waals surface area contributed by atoms with Gasteiger partial charge in [-0.05, 0) is 26.2 Å². The monoisotopic (exact) mass is 265 g/mol. The van der Waals surface area contributed by atoms with Gasteiger partial charge in [0.05, 0.1) is 11.6 Å². The summed E-state index contributed by atoms with van der Waals surface area (Å²) in [4.78, 5) is 16.4. The molecule has 1 fully saturated rings. The van der Waals surface area contributed by atoms with E-state index in [1.165, 1.54) is 6.07 Å². The van der Waals surface area contributed by atoms with Gasteiger partial charge in [0.25, 0.3) is 5.91 Å². The minimum atomic E-state index is -0.449. The molecule has 4 nitrogen and oxygen atoms in total. The number of carbonyl (C=O) groups excluding carboxylic acids is 1. The van der Waals surface area contributed by atoms with Crippen molar-refractivity contribution < 1.29 is 9.18 Å². The molecule has 0 radical (unpaired) electrons. The number of hydrogen-bond acceptors (Lipinski definition) is 3. The second-order valence-electron chi connectivity index (χ2n) is 4.95. The van der Waals surface area contributed by atoms with Crippen molar-refractivity contribution in [3.05, 3.63) is 35.6 Å². The van der Waals surface area contributed by atoms with E-state index in [9.17, 15) is 9.18 Å². The summed E-state index contributed by atoms with van der Waals surface area (Å²) in [5, 5.41) is 3.09. The highest BCUT2D eigenvalue weighted by atomic mass is 19.1. The van der Waals surface area contributed by atoms with E-state index < -0.39 is 5.82 Å². The summed E-state index contributed by atoms with van der Waals surface area (Å²) >= 11 is 0. The molecule has 1 amide bonds. The molecule has 0 aliphatic carbocycles. The molecule has 2 rings (SSSR count). The number of likely N-dealkylation sites (N-methyl/N-ethyl adjacent to an activating group) is 2. The fourth-order valence-electron chi connectivity index (χ4n) is 2.48. The number of carbonyl (C=O) groups is 1. The number of halogens is 1. The summed E-state index contributed by atoms with van der Waals surface area (Å²) in [5.41, 5.74) is 0.160. The zero-order chi connectivity index (χ0) is 13.8. The third-order valence-electron chi connectivity index (χ3n) is 3.49. The van der Waals surface area contributed by atoms with E-state index in [-0.39, 0.29) is 17.5 Å². The number of benzene rings is 1. The van der Waals surface area contributed by atoms with Crippen LogP contribution in [0.5, 0.6) is 0 Å². The number of rotatable bonds is 3. The standard InChI is InChI=1S/C14H20FN3O/c1-16-9-11-10-17(2)7-8-18(11)14(19)12-5-3-4-6-13(12)15/h3-6,11,16H,7-10H2,1-2H3. The Kier molecular flexibility index (Phi) is 4.50. The third-order valence-corrected chi connectivity index (χ3v) is 3.49. The molecule has 1 atom stereocenters. The number of nitrogens with zero attached hydrogens (tertiary/aromatic N) is 2. The maximum atomic E-state index is 13.7. The molecular weight excluding hydrogens is 245 g/mol. The topological polar surface area (TPSA) is 35.6 Å². The van der Waals surface area contributed by atoms with E-state index in [4.69, 9.17) is 0 Å². The quantitative estimate of drug-likeness (QED) is 0.878. The average Bonchev–Trinajstić information content (AvgIpc) is 2.39. The summed E-state index contributed by atoms with van der Waals surface area (Å²) in [6.07, 6.45) is 0. The van der Waals surface area contributed by atoms with Crippen LogP contribution in [0.15, 0.2) is 24.3 Å². The molecule has 1 aromatic rings. The highest BCUT2D eigenvalue weighted by molar-refractivity contribution is 5.94. The van der Waals surface area contributed by atoms with Crippen LogP contribution in [0.1, 0.15) is 10.4 Å². The van der Waals surface area contributed by atoms with Crippen molar-refractivity contribution in [3.8, 4) is 0 Å². The fraction of sp³-hybridized carbons (Fsp3) is 0.500. The fourth-order valence-corrected chi connectivity index (χ4v) is 2.48. The van der Waals surface area contributed by atoms with Crippen molar-refractivity contribution in [2.45, 2.75) is 6.04 Å². The average molecular weight is 265 g/mol. The molecule has 1 saturated heterocycles. The predicted octanol–water partition coefficient (Wildman–Crippen LogP) is 0.801. The van der Waals surface area contributed by atoms with E-state index in [1.807, 2.05) is 14.1 Å². The first-order valence-corrected chi connectivity index (χ1v) is 6.52. The Morgan fingerprint density at radius 2 is 2.16 bits per heavy atom. The summed E-state index contributed by atoms with van der Waals surface area (Å²) in [7, 11) is 3.90. The minimum absolute atomic E-state index is 0.0795. The highest BCUT2D eigenvalue weighted by Gasteiger charge is 2.30. The van der Waals surface area contributed by atoms with Crippen molar-refractivity contribution in [2.75, 3.05) is 40.3 Å². The molecule has 1 aliphatic rings. The first-order chi connectivity index (χ1) is 9.13. The van der Waals surface area contributed by atoms with Crippen molar-refractivity contribution in [3.63, 3.8) is 0 Å². The van der Waals surface area contributed by atoms with E-state index in [0.717, 1.165) is 13.1 Å². The van der Waals surface area contributed by atoms with Crippen molar-refractivity contribution in [1.29, 1.82) is 0 Å². The summed E-state index contributed by atoms with van der Waals surface area (Å²) in [6.45, 7) is 2.97. The van der Waals surface area contributed by atoms with Crippen molar-refractivity contribution in [1.82, 2.24) is 15.1 Å². The van der Waals surface area contributed by atoms with Crippen molar-refractivity contribution in [2.24, 2.45) is 0 Å². The van der Waals surface area contributed by atoms with E-state index in [2.05, 4.69) is 10.2 Å². The van der Waals surface area contributed by atoms with Gasteiger partial charge in [-0.15, -0.1) is 0 Å². The van der Waals surface area contributed by atoms with Crippen LogP contribution in [0.3, 0.4) is 0 Å². The van der Waals surface area contributed by atoms with E-state index in [1.54, 1.807) is 23.1 Å². The second kappa shape index (κ2) is 6.12. The van der Waals surface area contributed by atoms with Gasteiger partial charge in [-0.3, -0.25) is 4.79 Å². The molecule has 0 saturated carbocycles. The Bertz CT molecular complexity index is 452. The Morgan fingerprint density at radius 3 is 2.84 bits per heavy atom. The van der Waals surface area contributed by atoms with Crippen LogP contribution in [0, 0.1) is 5.82 Å². The molecule has 19 heavy (non-hydrogen) atoms. The van der Waals surface area contributed by atoms with Crippen LogP contribution in [0.4, 0.5) is 4.39 Å². The SMILES string of the molecule is CNCC1CN(C)CCN1C(=O)c1ccccc1F. The Morgan fingerprint density at radius 1 is 1.42 bits per heavy atom. The Balaban J connectivity index is 2.19. The van der Waals surface area contributed by atoms with Crippen LogP contribution in [0.2, 0.25) is 0 Å². The van der Waals surface area contributed by atoms with Gasteiger partial charge in [-0.2, -0.15) is 0 Å². The first-order valence-electron chi connectivity index (χ1n) is 6.52. The molecule has 0 bridgehead atoms. The minimum Gasteiger partial charge on any atom is -0.332 e. The van der Waals surface area contributed by atoms with Gasteiger partial charge in [-0.1, -0.05) is 12.1 Å². The van der Waals surface area contributed by atoms with E-state index >= 15 is 0 Å². The lowest BCUT2D eigenvalue weighted by atomic mass is 10.1.